The summed E-state index contributed by atoms with van der Waals surface area (Å²) in [6.07, 6.45) is 3.66. The van der Waals surface area contributed by atoms with E-state index >= 15 is 0 Å². The summed E-state index contributed by atoms with van der Waals surface area (Å²) in [5.74, 6) is -0.234. The van der Waals surface area contributed by atoms with Gasteiger partial charge in [-0.1, -0.05) is 29.8 Å². The number of nitrogens with one attached hydrogen (secondary N) is 2. The summed E-state index contributed by atoms with van der Waals surface area (Å²) in [5, 5.41) is 7.78. The lowest BCUT2D eigenvalue weighted by atomic mass is 10.1. The highest BCUT2D eigenvalue weighted by molar-refractivity contribution is 7.80. The highest BCUT2D eigenvalue weighted by Crippen LogP contribution is 2.15. The fraction of sp³-hybridized carbons (Fsp3) is 0.143. The molecular formula is C21H21FN4S. The van der Waals surface area contributed by atoms with Crippen LogP contribution in [0.2, 0.25) is 0 Å². The number of rotatable bonds is 5. The SMILES string of the molecule is Cc1ccc(NC(=S)N/N=C/c2cccn2Cc2ccc(F)cc2)c(C)c1. The number of thiocarbonyl (C=S) groups is 1. The maximum Gasteiger partial charge on any atom is 0.191 e. The molecule has 0 amide bonds. The number of hydrogen-bond donors (Lipinski definition) is 2. The molecule has 0 aliphatic carbocycles. The Hall–Kier alpha value is -2.99. The van der Waals surface area contributed by atoms with Crippen LogP contribution < -0.4 is 10.7 Å². The van der Waals surface area contributed by atoms with E-state index in [0.29, 0.717) is 11.7 Å². The molecule has 0 saturated carbocycles. The largest absolute Gasteiger partial charge is 0.342 e. The molecular weight excluding hydrogens is 359 g/mol. The molecule has 6 heteroatoms. The number of aromatic nitrogens is 1. The van der Waals surface area contributed by atoms with E-state index in [-0.39, 0.29) is 5.82 Å². The van der Waals surface area contributed by atoms with E-state index in [2.05, 4.69) is 28.8 Å². The van der Waals surface area contributed by atoms with E-state index in [0.717, 1.165) is 22.5 Å². The minimum absolute atomic E-state index is 0.234. The van der Waals surface area contributed by atoms with Crippen LogP contribution in [0.1, 0.15) is 22.4 Å². The zero-order chi connectivity index (χ0) is 19.2. The van der Waals surface area contributed by atoms with Gasteiger partial charge in [-0.15, -0.1) is 0 Å². The van der Waals surface area contributed by atoms with E-state index in [1.807, 2.05) is 42.0 Å². The lowest BCUT2D eigenvalue weighted by Gasteiger charge is -2.10. The van der Waals surface area contributed by atoms with Crippen LogP contribution >= 0.6 is 12.2 Å². The summed E-state index contributed by atoms with van der Waals surface area (Å²) in [6.45, 7) is 4.72. The van der Waals surface area contributed by atoms with Crippen LogP contribution in [0, 0.1) is 19.7 Å². The third-order valence-corrected chi connectivity index (χ3v) is 4.32. The number of hydrazone groups is 1. The van der Waals surface area contributed by atoms with Gasteiger partial charge in [0.1, 0.15) is 5.82 Å². The third kappa shape index (κ3) is 5.24. The van der Waals surface area contributed by atoms with Crippen molar-refractivity contribution in [1.29, 1.82) is 0 Å². The summed E-state index contributed by atoms with van der Waals surface area (Å²) in [7, 11) is 0. The molecule has 138 valence electrons. The van der Waals surface area contributed by atoms with Gasteiger partial charge in [0.25, 0.3) is 0 Å². The Kier molecular flexibility index (Phi) is 5.98. The molecule has 3 aromatic rings. The smallest absolute Gasteiger partial charge is 0.191 e. The number of hydrogen-bond acceptors (Lipinski definition) is 2. The molecule has 2 N–H and O–H groups in total. The van der Waals surface area contributed by atoms with E-state index in [4.69, 9.17) is 12.2 Å². The first kappa shape index (κ1) is 18.8. The standard InChI is InChI=1S/C21H21FN4S/c1-15-5-10-20(16(2)12-15)24-21(27)25-23-13-19-4-3-11-26(19)14-17-6-8-18(22)9-7-17/h3-13H,14H2,1-2H3,(H2,24,25,27)/b23-13+. The van der Waals surface area contributed by atoms with Gasteiger partial charge in [0.15, 0.2) is 5.11 Å². The van der Waals surface area contributed by atoms with Crippen molar-refractivity contribution in [2.45, 2.75) is 20.4 Å². The molecule has 0 saturated heterocycles. The van der Waals surface area contributed by atoms with Crippen molar-refractivity contribution in [3.05, 3.63) is 89.0 Å². The molecule has 0 aliphatic rings. The van der Waals surface area contributed by atoms with Gasteiger partial charge in [0.2, 0.25) is 0 Å². The third-order valence-electron chi connectivity index (χ3n) is 4.12. The molecule has 27 heavy (non-hydrogen) atoms. The summed E-state index contributed by atoms with van der Waals surface area (Å²) < 4.78 is 15.1. The van der Waals surface area contributed by atoms with Crippen LogP contribution in [-0.4, -0.2) is 15.9 Å². The maximum atomic E-state index is 13.0. The first-order valence-electron chi connectivity index (χ1n) is 8.58. The minimum Gasteiger partial charge on any atom is -0.342 e. The van der Waals surface area contributed by atoms with Crippen LogP contribution in [-0.2, 0) is 6.54 Å². The highest BCUT2D eigenvalue weighted by atomic mass is 32.1. The second kappa shape index (κ2) is 8.60. The van der Waals surface area contributed by atoms with Crippen LogP contribution in [0.25, 0.3) is 0 Å². The predicted octanol–water partition coefficient (Wildman–Crippen LogP) is 4.61. The summed E-state index contributed by atoms with van der Waals surface area (Å²) in [6, 6.07) is 16.5. The Morgan fingerprint density at radius 3 is 2.67 bits per heavy atom. The fourth-order valence-corrected chi connectivity index (χ4v) is 2.90. The second-order valence-electron chi connectivity index (χ2n) is 6.33. The van der Waals surface area contributed by atoms with Crippen molar-refractivity contribution in [3.8, 4) is 0 Å². The Morgan fingerprint density at radius 1 is 1.15 bits per heavy atom. The quantitative estimate of drug-likeness (QED) is 0.386. The van der Waals surface area contributed by atoms with Crippen molar-refractivity contribution in [2.24, 2.45) is 5.10 Å². The molecule has 0 radical (unpaired) electrons. The minimum atomic E-state index is -0.234. The van der Waals surface area contributed by atoms with Crippen molar-refractivity contribution >= 4 is 29.2 Å². The Bertz CT molecular complexity index is 961. The lowest BCUT2D eigenvalue weighted by molar-refractivity contribution is 0.626. The average molecular weight is 380 g/mol. The topological polar surface area (TPSA) is 41.4 Å². The first-order valence-corrected chi connectivity index (χ1v) is 8.99. The zero-order valence-corrected chi connectivity index (χ0v) is 16.1. The molecule has 0 atom stereocenters. The Morgan fingerprint density at radius 2 is 1.93 bits per heavy atom. The zero-order valence-electron chi connectivity index (χ0n) is 15.2. The summed E-state index contributed by atoms with van der Waals surface area (Å²) >= 11 is 5.30. The van der Waals surface area contributed by atoms with Crippen LogP contribution in [0.3, 0.4) is 0 Å². The maximum absolute atomic E-state index is 13.0. The number of anilines is 1. The van der Waals surface area contributed by atoms with E-state index in [1.165, 1.54) is 17.7 Å². The van der Waals surface area contributed by atoms with Gasteiger partial charge in [0, 0.05) is 18.4 Å². The van der Waals surface area contributed by atoms with Crippen LogP contribution in [0.5, 0.6) is 0 Å². The average Bonchev–Trinajstić information content (AvgIpc) is 3.06. The van der Waals surface area contributed by atoms with Gasteiger partial charge >= 0.3 is 0 Å². The number of halogens is 1. The molecule has 0 bridgehead atoms. The van der Waals surface area contributed by atoms with E-state index < -0.39 is 0 Å². The molecule has 0 spiro atoms. The molecule has 1 heterocycles. The monoisotopic (exact) mass is 380 g/mol. The molecule has 1 aromatic heterocycles. The summed E-state index contributed by atoms with van der Waals surface area (Å²) in [4.78, 5) is 0. The van der Waals surface area contributed by atoms with Crippen molar-refractivity contribution in [3.63, 3.8) is 0 Å². The molecule has 3 rings (SSSR count). The van der Waals surface area contributed by atoms with Gasteiger partial charge in [-0.05, 0) is 67.5 Å². The Labute approximate surface area is 163 Å². The Balaban J connectivity index is 1.59. The molecule has 2 aromatic carbocycles. The number of benzene rings is 2. The lowest BCUT2D eigenvalue weighted by Crippen LogP contribution is -2.24. The fourth-order valence-electron chi connectivity index (χ4n) is 2.74. The molecule has 4 nitrogen and oxygen atoms in total. The highest BCUT2D eigenvalue weighted by Gasteiger charge is 2.02. The van der Waals surface area contributed by atoms with Crippen LogP contribution in [0.4, 0.5) is 10.1 Å². The van der Waals surface area contributed by atoms with Crippen molar-refractivity contribution < 1.29 is 4.39 Å². The van der Waals surface area contributed by atoms with E-state index in [9.17, 15) is 4.39 Å². The predicted molar refractivity (Wildman–Crippen MR) is 113 cm³/mol. The van der Waals surface area contributed by atoms with Gasteiger partial charge in [0.05, 0.1) is 11.9 Å². The van der Waals surface area contributed by atoms with Crippen LogP contribution in [0.15, 0.2) is 65.9 Å². The molecule has 0 fully saturated rings. The normalized spacial score (nSPS) is 10.9. The number of aryl methyl sites for hydroxylation is 2. The molecule has 0 aliphatic heterocycles. The summed E-state index contributed by atoms with van der Waals surface area (Å²) in [5.41, 5.74) is 8.05. The van der Waals surface area contributed by atoms with E-state index in [1.54, 1.807) is 18.3 Å². The van der Waals surface area contributed by atoms with Gasteiger partial charge in [-0.2, -0.15) is 5.10 Å². The number of nitrogens with zero attached hydrogens (tertiary/aromatic N) is 2. The van der Waals surface area contributed by atoms with Crippen molar-refractivity contribution in [1.82, 2.24) is 9.99 Å². The first-order chi connectivity index (χ1) is 13.0. The van der Waals surface area contributed by atoms with Crippen molar-refractivity contribution in [2.75, 3.05) is 5.32 Å². The molecule has 0 unspecified atom stereocenters. The van der Waals surface area contributed by atoms with Gasteiger partial charge in [-0.25, -0.2) is 4.39 Å². The second-order valence-corrected chi connectivity index (χ2v) is 6.74. The van der Waals surface area contributed by atoms with Gasteiger partial charge < -0.3 is 9.88 Å². The van der Waals surface area contributed by atoms with Gasteiger partial charge in [-0.3, -0.25) is 5.43 Å².